The van der Waals surface area contributed by atoms with Gasteiger partial charge < -0.3 is 19.6 Å². The molecule has 0 aliphatic carbocycles. The van der Waals surface area contributed by atoms with Gasteiger partial charge in [0.05, 0.1) is 5.56 Å². The second-order valence-corrected chi connectivity index (χ2v) is 10.3. The van der Waals surface area contributed by atoms with E-state index < -0.39 is 17.3 Å². The van der Waals surface area contributed by atoms with Crippen molar-refractivity contribution in [3.63, 3.8) is 0 Å². The van der Waals surface area contributed by atoms with Gasteiger partial charge >= 0.3 is 6.18 Å². The maximum atomic E-state index is 13.4. The first-order valence-electron chi connectivity index (χ1n) is 12.7. The molecule has 1 N–H and O–H groups in total. The number of benzene rings is 3. The fourth-order valence-electron chi connectivity index (χ4n) is 4.79. The Morgan fingerprint density at radius 2 is 1.72 bits per heavy atom. The number of fused-ring (bicyclic) bond motifs is 1. The normalized spacial score (nSPS) is 16.7. The Morgan fingerprint density at radius 1 is 1.00 bits per heavy atom. The van der Waals surface area contributed by atoms with Crippen LogP contribution in [-0.2, 0) is 11.0 Å². The SMILES string of the molecule is CC1(C)C=Cc2cc(/C=C/C(=O)N3CCN(c4ccc(O)cc4)CC3)cc(-c3cccc(C(F)(F)F)c3)c2O1. The third-order valence-electron chi connectivity index (χ3n) is 6.89. The van der Waals surface area contributed by atoms with Gasteiger partial charge in [-0.1, -0.05) is 18.2 Å². The topological polar surface area (TPSA) is 53.0 Å². The van der Waals surface area contributed by atoms with E-state index in [2.05, 4.69) is 4.90 Å². The number of hydrogen-bond acceptors (Lipinski definition) is 4. The quantitative estimate of drug-likeness (QED) is 0.382. The molecule has 2 aliphatic rings. The van der Waals surface area contributed by atoms with Gasteiger partial charge in [-0.05, 0) is 85.7 Å². The molecule has 0 atom stereocenters. The molecular weight excluding hydrogens is 505 g/mol. The Kier molecular flexibility index (Phi) is 6.89. The van der Waals surface area contributed by atoms with Gasteiger partial charge in [-0.3, -0.25) is 4.79 Å². The number of alkyl halides is 3. The summed E-state index contributed by atoms with van der Waals surface area (Å²) in [5.74, 6) is 0.587. The lowest BCUT2D eigenvalue weighted by atomic mass is 9.93. The number of phenols is 1. The second kappa shape index (κ2) is 10.2. The van der Waals surface area contributed by atoms with Gasteiger partial charge in [0.2, 0.25) is 5.91 Å². The van der Waals surface area contributed by atoms with Crippen LogP contribution in [0.2, 0.25) is 0 Å². The molecule has 0 saturated carbocycles. The molecule has 0 unspecified atom stereocenters. The number of carbonyl (C=O) groups excluding carboxylic acids is 1. The molecule has 5 rings (SSSR count). The summed E-state index contributed by atoms with van der Waals surface area (Å²) in [4.78, 5) is 16.9. The summed E-state index contributed by atoms with van der Waals surface area (Å²) in [5, 5.41) is 9.50. The number of aromatic hydroxyl groups is 1. The zero-order valence-corrected chi connectivity index (χ0v) is 21.7. The first-order valence-corrected chi connectivity index (χ1v) is 12.7. The lowest BCUT2D eigenvalue weighted by Crippen LogP contribution is -2.48. The van der Waals surface area contributed by atoms with Gasteiger partial charge in [0.25, 0.3) is 0 Å². The van der Waals surface area contributed by atoms with Crippen LogP contribution in [0.4, 0.5) is 18.9 Å². The predicted octanol–water partition coefficient (Wildman–Crippen LogP) is 6.62. The molecular formula is C31H29F3N2O3. The highest BCUT2D eigenvalue weighted by Crippen LogP contribution is 2.42. The molecule has 1 amide bonds. The largest absolute Gasteiger partial charge is 0.508 e. The van der Waals surface area contributed by atoms with E-state index in [1.54, 1.807) is 35.2 Å². The minimum absolute atomic E-state index is 0.133. The summed E-state index contributed by atoms with van der Waals surface area (Å²) in [6.45, 7) is 6.21. The van der Waals surface area contributed by atoms with Crippen molar-refractivity contribution in [1.29, 1.82) is 0 Å². The van der Waals surface area contributed by atoms with Crippen LogP contribution in [0.1, 0.15) is 30.5 Å². The molecule has 2 heterocycles. The first kappa shape index (κ1) is 26.4. The highest BCUT2D eigenvalue weighted by Gasteiger charge is 2.31. The van der Waals surface area contributed by atoms with Crippen molar-refractivity contribution in [2.45, 2.75) is 25.6 Å². The molecule has 3 aromatic carbocycles. The lowest BCUT2D eigenvalue weighted by Gasteiger charge is -2.35. The van der Waals surface area contributed by atoms with E-state index in [9.17, 15) is 23.1 Å². The molecule has 5 nitrogen and oxygen atoms in total. The Morgan fingerprint density at radius 3 is 2.41 bits per heavy atom. The van der Waals surface area contributed by atoms with E-state index in [4.69, 9.17) is 4.74 Å². The van der Waals surface area contributed by atoms with Crippen LogP contribution in [0.3, 0.4) is 0 Å². The van der Waals surface area contributed by atoms with Gasteiger partial charge in [-0.2, -0.15) is 13.2 Å². The molecule has 0 bridgehead atoms. The number of hydrogen-bond donors (Lipinski definition) is 1. The van der Waals surface area contributed by atoms with E-state index in [1.807, 2.05) is 44.2 Å². The molecule has 0 spiro atoms. The third-order valence-corrected chi connectivity index (χ3v) is 6.89. The second-order valence-electron chi connectivity index (χ2n) is 10.3. The zero-order valence-electron chi connectivity index (χ0n) is 21.7. The smallest absolute Gasteiger partial charge is 0.416 e. The fourth-order valence-corrected chi connectivity index (χ4v) is 4.79. The number of phenolic OH excluding ortho intramolecular Hbond substituents is 1. The molecule has 2 aliphatic heterocycles. The van der Waals surface area contributed by atoms with Crippen LogP contribution >= 0.6 is 0 Å². The fraction of sp³-hybridized carbons (Fsp3) is 0.258. The Bertz CT molecular complexity index is 1430. The predicted molar refractivity (Wildman–Crippen MR) is 147 cm³/mol. The number of ether oxygens (including phenoxy) is 1. The van der Waals surface area contributed by atoms with E-state index in [0.29, 0.717) is 48.6 Å². The third kappa shape index (κ3) is 5.95. The van der Waals surface area contributed by atoms with Gasteiger partial charge in [-0.25, -0.2) is 0 Å². The molecule has 0 radical (unpaired) electrons. The van der Waals surface area contributed by atoms with Crippen LogP contribution in [0.15, 0.2) is 72.8 Å². The molecule has 1 saturated heterocycles. The van der Waals surface area contributed by atoms with Crippen molar-refractivity contribution in [3.8, 4) is 22.6 Å². The van der Waals surface area contributed by atoms with Crippen LogP contribution < -0.4 is 9.64 Å². The van der Waals surface area contributed by atoms with Crippen molar-refractivity contribution >= 4 is 23.7 Å². The minimum atomic E-state index is -4.47. The van der Waals surface area contributed by atoms with E-state index >= 15 is 0 Å². The monoisotopic (exact) mass is 534 g/mol. The maximum absolute atomic E-state index is 13.4. The molecule has 202 valence electrons. The highest BCUT2D eigenvalue weighted by atomic mass is 19.4. The summed E-state index contributed by atoms with van der Waals surface area (Å²) >= 11 is 0. The molecule has 0 aromatic heterocycles. The Balaban J connectivity index is 1.38. The summed E-state index contributed by atoms with van der Waals surface area (Å²) in [7, 11) is 0. The zero-order chi connectivity index (χ0) is 27.8. The van der Waals surface area contributed by atoms with Gasteiger partial charge in [0, 0.05) is 49.1 Å². The van der Waals surface area contributed by atoms with Crippen molar-refractivity contribution in [1.82, 2.24) is 4.90 Å². The van der Waals surface area contributed by atoms with Crippen LogP contribution in [0, 0.1) is 0 Å². The average molecular weight is 535 g/mol. The number of anilines is 1. The van der Waals surface area contributed by atoms with Crippen molar-refractivity contribution in [2.24, 2.45) is 0 Å². The van der Waals surface area contributed by atoms with Crippen molar-refractivity contribution < 1.29 is 27.8 Å². The lowest BCUT2D eigenvalue weighted by molar-refractivity contribution is -0.137. The highest BCUT2D eigenvalue weighted by molar-refractivity contribution is 5.93. The van der Waals surface area contributed by atoms with Crippen molar-refractivity contribution in [2.75, 3.05) is 31.1 Å². The molecule has 8 heteroatoms. The average Bonchev–Trinajstić information content (AvgIpc) is 2.91. The number of piperazine rings is 1. The number of nitrogens with zero attached hydrogens (tertiary/aromatic N) is 2. The first-order chi connectivity index (χ1) is 18.5. The van der Waals surface area contributed by atoms with Gasteiger partial charge in [-0.15, -0.1) is 0 Å². The van der Waals surface area contributed by atoms with Crippen LogP contribution in [0.25, 0.3) is 23.3 Å². The van der Waals surface area contributed by atoms with E-state index in [-0.39, 0.29) is 11.7 Å². The van der Waals surface area contributed by atoms with E-state index in [0.717, 1.165) is 23.4 Å². The van der Waals surface area contributed by atoms with Gasteiger partial charge in [0.15, 0.2) is 0 Å². The van der Waals surface area contributed by atoms with Crippen molar-refractivity contribution in [3.05, 3.63) is 89.5 Å². The molecule has 39 heavy (non-hydrogen) atoms. The summed E-state index contributed by atoms with van der Waals surface area (Å²) < 4.78 is 46.5. The van der Waals surface area contributed by atoms with Crippen LogP contribution in [-0.4, -0.2) is 47.7 Å². The number of halogens is 3. The number of amides is 1. The Labute approximate surface area is 225 Å². The van der Waals surface area contributed by atoms with Gasteiger partial charge in [0.1, 0.15) is 17.1 Å². The maximum Gasteiger partial charge on any atom is 0.416 e. The summed E-state index contributed by atoms with van der Waals surface area (Å²) in [6.07, 6.45) is 2.53. The van der Waals surface area contributed by atoms with Crippen LogP contribution in [0.5, 0.6) is 11.5 Å². The summed E-state index contributed by atoms with van der Waals surface area (Å²) in [5.41, 5.74) is 1.99. The minimum Gasteiger partial charge on any atom is -0.508 e. The molecule has 1 fully saturated rings. The number of carbonyl (C=O) groups is 1. The Hall–Kier alpha value is -4.20. The van der Waals surface area contributed by atoms with E-state index in [1.165, 1.54) is 12.1 Å². The number of rotatable bonds is 4. The molecule has 3 aromatic rings. The summed E-state index contributed by atoms with van der Waals surface area (Å²) in [6, 6.07) is 15.8. The standard InChI is InChI=1S/C31H29F3N2O3/c1-30(2)13-12-23-18-21(19-27(29(23)39-30)22-4-3-5-24(20-22)31(32,33)34)6-11-28(38)36-16-14-35(15-17-36)25-7-9-26(37)10-8-25/h3-13,18-20,37H,14-17H2,1-2H3/b11-6+.